The molecule has 0 spiro atoms. The van der Waals surface area contributed by atoms with Crippen LogP contribution in [0.2, 0.25) is 0 Å². The quantitative estimate of drug-likeness (QED) is 0.854. The number of nitrogens with zero attached hydrogens (tertiary/aromatic N) is 1. The maximum absolute atomic E-state index is 11.2. The number of nitrogens with one attached hydrogen (secondary N) is 2. The van der Waals surface area contributed by atoms with E-state index < -0.39 is 0 Å². The van der Waals surface area contributed by atoms with Gasteiger partial charge in [0.05, 0.1) is 0 Å². The minimum Gasteiger partial charge on any atom is -0.312 e. The van der Waals surface area contributed by atoms with Crippen LogP contribution in [0.4, 0.5) is 10.6 Å². The lowest BCUT2D eigenvalue weighted by Gasteiger charge is -2.05. The molecule has 1 heterocycles. The molecule has 0 fully saturated rings. The fourth-order valence-corrected chi connectivity index (χ4v) is 1.03. The number of rotatable bonds is 2. The first-order valence-electron chi connectivity index (χ1n) is 3.93. The lowest BCUT2D eigenvalue weighted by Crippen LogP contribution is -2.26. The number of urea groups is 1. The smallest absolute Gasteiger partial charge is 0.312 e. The lowest BCUT2D eigenvalue weighted by molar-refractivity contribution is 0.254. The Hall–Kier alpha value is -1.36. The van der Waals surface area contributed by atoms with Crippen LogP contribution in [-0.2, 0) is 0 Å². The first-order valence-corrected chi connectivity index (χ1v) is 4.72. The standard InChI is InChI=1S/C9H10BrN3O/c1-6(2)12-9(14)13-8-4-3-7(10)5-11-8/h3-5H,1H2,2H3,(H2,11,12,13,14). The number of aromatic nitrogens is 1. The number of carbonyl (C=O) groups excluding carboxylic acids is 1. The van der Waals surface area contributed by atoms with Gasteiger partial charge in [-0.1, -0.05) is 6.58 Å². The lowest BCUT2D eigenvalue weighted by atomic mass is 10.4. The largest absolute Gasteiger partial charge is 0.324 e. The van der Waals surface area contributed by atoms with E-state index in [1.165, 1.54) is 0 Å². The van der Waals surface area contributed by atoms with E-state index in [-0.39, 0.29) is 6.03 Å². The average molecular weight is 256 g/mol. The average Bonchev–Trinajstić information content (AvgIpc) is 2.07. The van der Waals surface area contributed by atoms with Gasteiger partial charge in [0.25, 0.3) is 0 Å². The van der Waals surface area contributed by atoms with Crippen LogP contribution in [0.5, 0.6) is 0 Å². The molecule has 1 aromatic heterocycles. The van der Waals surface area contributed by atoms with E-state index >= 15 is 0 Å². The van der Waals surface area contributed by atoms with Gasteiger partial charge in [0, 0.05) is 16.4 Å². The van der Waals surface area contributed by atoms with Crippen molar-refractivity contribution in [3.63, 3.8) is 0 Å². The van der Waals surface area contributed by atoms with Gasteiger partial charge in [0.2, 0.25) is 0 Å². The molecule has 14 heavy (non-hydrogen) atoms. The molecule has 0 aliphatic heterocycles. The second kappa shape index (κ2) is 4.76. The van der Waals surface area contributed by atoms with E-state index in [1.807, 2.05) is 0 Å². The summed E-state index contributed by atoms with van der Waals surface area (Å²) < 4.78 is 0.864. The highest BCUT2D eigenvalue weighted by molar-refractivity contribution is 9.10. The SMILES string of the molecule is C=C(C)NC(=O)Nc1ccc(Br)cn1. The number of halogens is 1. The maximum Gasteiger partial charge on any atom is 0.324 e. The summed E-state index contributed by atoms with van der Waals surface area (Å²) in [6.45, 7) is 5.25. The van der Waals surface area contributed by atoms with Crippen molar-refractivity contribution in [2.24, 2.45) is 0 Å². The highest BCUT2D eigenvalue weighted by atomic mass is 79.9. The van der Waals surface area contributed by atoms with Gasteiger partial charge in [0.15, 0.2) is 0 Å². The van der Waals surface area contributed by atoms with Crippen molar-refractivity contribution >= 4 is 27.8 Å². The van der Waals surface area contributed by atoms with Crippen molar-refractivity contribution in [1.29, 1.82) is 0 Å². The highest BCUT2D eigenvalue weighted by Crippen LogP contribution is 2.10. The normalized spacial score (nSPS) is 9.29. The zero-order chi connectivity index (χ0) is 10.6. The predicted molar refractivity (Wildman–Crippen MR) is 58.9 cm³/mol. The number of allylic oxidation sites excluding steroid dienone is 1. The Morgan fingerprint density at radius 1 is 1.57 bits per heavy atom. The molecule has 2 amide bonds. The van der Waals surface area contributed by atoms with E-state index in [2.05, 4.69) is 38.1 Å². The number of hydrogen-bond donors (Lipinski definition) is 2. The minimum atomic E-state index is -0.340. The van der Waals surface area contributed by atoms with Gasteiger partial charge in [-0.3, -0.25) is 5.32 Å². The summed E-state index contributed by atoms with van der Waals surface area (Å²) in [5, 5.41) is 5.07. The fraction of sp³-hybridized carbons (Fsp3) is 0.111. The molecule has 0 radical (unpaired) electrons. The summed E-state index contributed by atoms with van der Waals surface area (Å²) in [5.41, 5.74) is 0.583. The number of carbonyl (C=O) groups is 1. The second-order valence-electron chi connectivity index (χ2n) is 2.72. The van der Waals surface area contributed by atoms with E-state index in [9.17, 15) is 4.79 Å². The minimum absolute atomic E-state index is 0.340. The molecule has 1 rings (SSSR count). The number of anilines is 1. The van der Waals surface area contributed by atoms with Crippen LogP contribution >= 0.6 is 15.9 Å². The number of hydrogen-bond acceptors (Lipinski definition) is 2. The molecule has 74 valence electrons. The molecule has 0 bridgehead atoms. The fourth-order valence-electron chi connectivity index (χ4n) is 0.791. The van der Waals surface area contributed by atoms with Gasteiger partial charge in [-0.25, -0.2) is 9.78 Å². The molecule has 1 aromatic rings. The first-order chi connectivity index (χ1) is 6.58. The molecule has 0 aliphatic carbocycles. The van der Waals surface area contributed by atoms with Crippen LogP contribution in [0.3, 0.4) is 0 Å². The summed E-state index contributed by atoms with van der Waals surface area (Å²) in [7, 11) is 0. The van der Waals surface area contributed by atoms with Crippen LogP contribution in [-0.4, -0.2) is 11.0 Å². The van der Waals surface area contributed by atoms with E-state index in [1.54, 1.807) is 25.3 Å². The monoisotopic (exact) mass is 255 g/mol. The van der Waals surface area contributed by atoms with Crippen LogP contribution in [0, 0.1) is 0 Å². The van der Waals surface area contributed by atoms with E-state index in [4.69, 9.17) is 0 Å². The maximum atomic E-state index is 11.2. The molecule has 0 saturated carbocycles. The van der Waals surface area contributed by atoms with E-state index in [0.29, 0.717) is 11.5 Å². The van der Waals surface area contributed by atoms with Gasteiger partial charge in [-0.05, 0) is 35.0 Å². The zero-order valence-corrected chi connectivity index (χ0v) is 9.26. The Bertz CT molecular complexity index is 348. The molecular formula is C9H10BrN3O. The Balaban J connectivity index is 2.56. The Morgan fingerprint density at radius 2 is 2.29 bits per heavy atom. The molecule has 4 nitrogen and oxygen atoms in total. The van der Waals surface area contributed by atoms with Crippen molar-refractivity contribution in [2.45, 2.75) is 6.92 Å². The third kappa shape index (κ3) is 3.57. The second-order valence-corrected chi connectivity index (χ2v) is 3.64. The molecule has 0 unspecified atom stereocenters. The summed E-state index contributed by atoms with van der Waals surface area (Å²) in [6.07, 6.45) is 1.61. The summed E-state index contributed by atoms with van der Waals surface area (Å²) in [5.74, 6) is 0.493. The van der Waals surface area contributed by atoms with Crippen molar-refractivity contribution in [3.8, 4) is 0 Å². The molecular weight excluding hydrogens is 246 g/mol. The number of amides is 2. The predicted octanol–water partition coefficient (Wildman–Crippen LogP) is 2.50. The Labute approximate surface area is 90.6 Å². The number of pyridine rings is 1. The van der Waals surface area contributed by atoms with Gasteiger partial charge < -0.3 is 5.32 Å². The Morgan fingerprint density at radius 3 is 2.79 bits per heavy atom. The molecule has 0 atom stereocenters. The molecule has 0 aromatic carbocycles. The molecule has 5 heteroatoms. The van der Waals surface area contributed by atoms with Gasteiger partial charge >= 0.3 is 6.03 Å². The van der Waals surface area contributed by atoms with Crippen molar-refractivity contribution in [2.75, 3.05) is 5.32 Å². The van der Waals surface area contributed by atoms with Crippen LogP contribution in [0.1, 0.15) is 6.92 Å². The van der Waals surface area contributed by atoms with Crippen LogP contribution in [0.25, 0.3) is 0 Å². The molecule has 0 aliphatic rings. The van der Waals surface area contributed by atoms with Gasteiger partial charge in [0.1, 0.15) is 5.82 Å². The van der Waals surface area contributed by atoms with Crippen LogP contribution < -0.4 is 10.6 Å². The summed E-state index contributed by atoms with van der Waals surface area (Å²) >= 11 is 3.25. The van der Waals surface area contributed by atoms with Gasteiger partial charge in [-0.2, -0.15) is 0 Å². The molecule has 2 N–H and O–H groups in total. The van der Waals surface area contributed by atoms with E-state index in [0.717, 1.165) is 4.47 Å². The third-order valence-corrected chi connectivity index (χ3v) is 1.76. The zero-order valence-electron chi connectivity index (χ0n) is 7.67. The van der Waals surface area contributed by atoms with Gasteiger partial charge in [-0.15, -0.1) is 0 Å². The first kappa shape index (κ1) is 10.7. The topological polar surface area (TPSA) is 54.0 Å². The Kier molecular flexibility index (Phi) is 3.64. The van der Waals surface area contributed by atoms with Crippen molar-refractivity contribution in [3.05, 3.63) is 35.1 Å². The third-order valence-electron chi connectivity index (χ3n) is 1.30. The summed E-state index contributed by atoms with van der Waals surface area (Å²) in [4.78, 5) is 15.2. The highest BCUT2D eigenvalue weighted by Gasteiger charge is 2.00. The summed E-state index contributed by atoms with van der Waals surface area (Å²) in [6, 6.07) is 3.15. The molecule has 0 saturated heterocycles. The van der Waals surface area contributed by atoms with Crippen molar-refractivity contribution in [1.82, 2.24) is 10.3 Å². The van der Waals surface area contributed by atoms with Crippen LogP contribution in [0.15, 0.2) is 35.1 Å². The van der Waals surface area contributed by atoms with Crippen molar-refractivity contribution < 1.29 is 4.79 Å².